The summed E-state index contributed by atoms with van der Waals surface area (Å²) >= 11 is 0. The van der Waals surface area contributed by atoms with Gasteiger partial charge in [-0.05, 0) is 25.1 Å². The molecule has 0 heterocycles. The number of nitro benzene ring substituents is 1. The quantitative estimate of drug-likeness (QED) is 0.353. The SMILES string of the molecule is CCOC(=O)C1(OC(=O)Oc2ccc([N+](=O)[O-])cc2)C=CC=CC1. The van der Waals surface area contributed by atoms with Gasteiger partial charge in [0.15, 0.2) is 0 Å². The second kappa shape index (κ2) is 7.40. The Hall–Kier alpha value is -3.16. The van der Waals surface area contributed by atoms with Crippen molar-refractivity contribution < 1.29 is 28.7 Å². The summed E-state index contributed by atoms with van der Waals surface area (Å²) in [5.41, 5.74) is -1.72. The zero-order valence-electron chi connectivity index (χ0n) is 12.8. The van der Waals surface area contributed by atoms with Gasteiger partial charge < -0.3 is 14.2 Å². The lowest BCUT2D eigenvalue weighted by Gasteiger charge is -2.27. The summed E-state index contributed by atoms with van der Waals surface area (Å²) in [5.74, 6) is -0.647. The smallest absolute Gasteiger partial charge is 0.463 e. The van der Waals surface area contributed by atoms with Crippen LogP contribution in [0.1, 0.15) is 13.3 Å². The first-order chi connectivity index (χ1) is 11.5. The minimum atomic E-state index is -1.58. The predicted octanol–water partition coefficient (Wildman–Crippen LogP) is 2.93. The number of carbonyl (C=O) groups excluding carboxylic acids is 2. The van der Waals surface area contributed by atoms with Gasteiger partial charge in [0.25, 0.3) is 5.69 Å². The molecule has 2 rings (SSSR count). The molecule has 0 saturated heterocycles. The molecule has 8 heteroatoms. The van der Waals surface area contributed by atoms with Gasteiger partial charge in [-0.3, -0.25) is 10.1 Å². The second-order valence-electron chi connectivity index (χ2n) is 4.81. The molecular formula is C16H15NO7. The normalized spacial score (nSPS) is 18.7. The third-order valence-electron chi connectivity index (χ3n) is 3.17. The number of hydrogen-bond donors (Lipinski definition) is 0. The van der Waals surface area contributed by atoms with Gasteiger partial charge in [-0.2, -0.15) is 0 Å². The van der Waals surface area contributed by atoms with Crippen molar-refractivity contribution in [1.82, 2.24) is 0 Å². The number of carbonyl (C=O) groups is 2. The van der Waals surface area contributed by atoms with Gasteiger partial charge in [0.1, 0.15) is 5.75 Å². The maximum Gasteiger partial charge on any atom is 0.515 e. The summed E-state index contributed by atoms with van der Waals surface area (Å²) in [6, 6.07) is 4.89. The van der Waals surface area contributed by atoms with Crippen LogP contribution in [0.4, 0.5) is 10.5 Å². The molecule has 1 aliphatic rings. The number of ether oxygens (including phenoxy) is 3. The minimum Gasteiger partial charge on any atom is -0.463 e. The molecule has 0 aliphatic heterocycles. The van der Waals surface area contributed by atoms with E-state index in [1.165, 1.54) is 30.3 Å². The molecular weight excluding hydrogens is 318 g/mol. The zero-order valence-corrected chi connectivity index (χ0v) is 12.8. The lowest BCUT2D eigenvalue weighted by molar-refractivity contribution is -0.384. The standard InChI is InChI=1S/C16H15NO7/c1-2-22-14(18)16(10-4-3-5-11-16)24-15(19)23-13-8-6-12(7-9-13)17(20)21/h3-10H,2,11H2,1H3. The first-order valence-corrected chi connectivity index (χ1v) is 7.14. The molecule has 1 atom stereocenters. The Morgan fingerprint density at radius 1 is 1.25 bits per heavy atom. The van der Waals surface area contributed by atoms with Crippen molar-refractivity contribution in [3.05, 3.63) is 58.7 Å². The van der Waals surface area contributed by atoms with E-state index in [0.717, 1.165) is 0 Å². The van der Waals surface area contributed by atoms with Crippen LogP contribution in [0.15, 0.2) is 48.6 Å². The Morgan fingerprint density at radius 3 is 2.50 bits per heavy atom. The van der Waals surface area contributed by atoms with Crippen LogP contribution in [0, 0.1) is 10.1 Å². The van der Waals surface area contributed by atoms with E-state index in [9.17, 15) is 19.7 Å². The molecule has 8 nitrogen and oxygen atoms in total. The van der Waals surface area contributed by atoms with Gasteiger partial charge in [-0.15, -0.1) is 0 Å². The molecule has 0 fully saturated rings. The number of rotatable bonds is 5. The van der Waals surface area contributed by atoms with Crippen LogP contribution in [0.25, 0.3) is 0 Å². The molecule has 1 unspecified atom stereocenters. The third-order valence-corrected chi connectivity index (χ3v) is 3.17. The number of nitro groups is 1. The van der Waals surface area contributed by atoms with Crippen molar-refractivity contribution in [3.63, 3.8) is 0 Å². The van der Waals surface area contributed by atoms with E-state index in [2.05, 4.69) is 0 Å². The summed E-state index contributed by atoms with van der Waals surface area (Å²) in [5, 5.41) is 10.6. The summed E-state index contributed by atoms with van der Waals surface area (Å²) in [6.07, 6.45) is 5.37. The number of hydrogen-bond acceptors (Lipinski definition) is 7. The molecule has 0 N–H and O–H groups in total. The van der Waals surface area contributed by atoms with E-state index in [1.54, 1.807) is 25.2 Å². The van der Waals surface area contributed by atoms with Crippen LogP contribution in [-0.4, -0.2) is 29.3 Å². The van der Waals surface area contributed by atoms with Crippen molar-refractivity contribution in [1.29, 1.82) is 0 Å². The van der Waals surface area contributed by atoms with Crippen molar-refractivity contribution in [2.75, 3.05) is 6.61 Å². The zero-order chi connectivity index (χ0) is 17.6. The summed E-state index contributed by atoms with van der Waals surface area (Å²) in [4.78, 5) is 34.1. The van der Waals surface area contributed by atoms with E-state index in [-0.39, 0.29) is 24.5 Å². The van der Waals surface area contributed by atoms with E-state index < -0.39 is 22.6 Å². The molecule has 1 aromatic rings. The number of non-ortho nitro benzene ring substituents is 1. The number of benzene rings is 1. The Kier molecular flexibility index (Phi) is 5.31. The van der Waals surface area contributed by atoms with Crippen LogP contribution in [0.2, 0.25) is 0 Å². The van der Waals surface area contributed by atoms with Crippen molar-refractivity contribution in [2.45, 2.75) is 18.9 Å². The van der Waals surface area contributed by atoms with E-state index in [1.807, 2.05) is 0 Å². The van der Waals surface area contributed by atoms with Crippen molar-refractivity contribution >= 4 is 17.8 Å². The van der Waals surface area contributed by atoms with Crippen LogP contribution in [0.5, 0.6) is 5.75 Å². The minimum absolute atomic E-state index is 0.0555. The van der Waals surface area contributed by atoms with Gasteiger partial charge in [0.2, 0.25) is 5.60 Å². The molecule has 0 spiro atoms. The van der Waals surface area contributed by atoms with E-state index in [4.69, 9.17) is 14.2 Å². The third kappa shape index (κ3) is 3.97. The predicted molar refractivity (Wildman–Crippen MR) is 82.5 cm³/mol. The van der Waals surface area contributed by atoms with Gasteiger partial charge >= 0.3 is 12.1 Å². The fourth-order valence-corrected chi connectivity index (χ4v) is 2.02. The Balaban J connectivity index is 2.08. The Bertz CT molecular complexity index is 693. The molecule has 0 bridgehead atoms. The number of nitrogens with zero attached hydrogens (tertiary/aromatic N) is 1. The largest absolute Gasteiger partial charge is 0.515 e. The monoisotopic (exact) mass is 333 g/mol. The Morgan fingerprint density at radius 2 is 1.96 bits per heavy atom. The molecule has 1 aliphatic carbocycles. The lowest BCUT2D eigenvalue weighted by Crippen LogP contribution is -2.44. The summed E-state index contributed by atoms with van der Waals surface area (Å²) < 4.78 is 15.1. The molecule has 0 saturated carbocycles. The lowest BCUT2D eigenvalue weighted by atomic mass is 9.95. The first kappa shape index (κ1) is 17.2. The molecule has 0 amide bonds. The molecule has 24 heavy (non-hydrogen) atoms. The first-order valence-electron chi connectivity index (χ1n) is 7.14. The molecule has 0 radical (unpaired) electrons. The molecule has 0 aromatic heterocycles. The van der Waals surface area contributed by atoms with Crippen LogP contribution < -0.4 is 4.74 Å². The van der Waals surface area contributed by atoms with Gasteiger partial charge in [0, 0.05) is 18.6 Å². The topological polar surface area (TPSA) is 105 Å². The molecule has 1 aromatic carbocycles. The average molecular weight is 333 g/mol. The van der Waals surface area contributed by atoms with Gasteiger partial charge in [-0.1, -0.05) is 18.2 Å². The van der Waals surface area contributed by atoms with Gasteiger partial charge in [0.05, 0.1) is 11.5 Å². The highest BCUT2D eigenvalue weighted by molar-refractivity contribution is 5.85. The second-order valence-corrected chi connectivity index (χ2v) is 4.81. The summed E-state index contributed by atoms with van der Waals surface area (Å²) in [6.45, 7) is 1.78. The van der Waals surface area contributed by atoms with Crippen LogP contribution in [0.3, 0.4) is 0 Å². The number of allylic oxidation sites excluding steroid dienone is 2. The van der Waals surface area contributed by atoms with E-state index >= 15 is 0 Å². The maximum absolute atomic E-state index is 12.1. The van der Waals surface area contributed by atoms with Crippen molar-refractivity contribution in [2.24, 2.45) is 0 Å². The van der Waals surface area contributed by atoms with Crippen LogP contribution in [-0.2, 0) is 14.3 Å². The highest BCUT2D eigenvalue weighted by Crippen LogP contribution is 2.26. The fraction of sp³-hybridized carbons (Fsp3) is 0.250. The average Bonchev–Trinajstić information content (AvgIpc) is 2.56. The van der Waals surface area contributed by atoms with Crippen LogP contribution >= 0.6 is 0 Å². The molecule has 126 valence electrons. The highest BCUT2D eigenvalue weighted by atomic mass is 16.7. The Labute approximate surface area is 137 Å². The fourth-order valence-electron chi connectivity index (χ4n) is 2.02. The number of esters is 1. The van der Waals surface area contributed by atoms with E-state index in [0.29, 0.717) is 0 Å². The van der Waals surface area contributed by atoms with Crippen molar-refractivity contribution in [3.8, 4) is 5.75 Å². The highest BCUT2D eigenvalue weighted by Gasteiger charge is 2.42. The maximum atomic E-state index is 12.1. The van der Waals surface area contributed by atoms with Gasteiger partial charge in [-0.25, -0.2) is 9.59 Å². The summed E-state index contributed by atoms with van der Waals surface area (Å²) in [7, 11) is 0.